The van der Waals surface area contributed by atoms with Crippen LogP contribution >= 0.6 is 11.8 Å². The van der Waals surface area contributed by atoms with Gasteiger partial charge in [0.15, 0.2) is 11.3 Å². The molecule has 7 heteroatoms. The molecule has 0 fully saturated rings. The van der Waals surface area contributed by atoms with Gasteiger partial charge in [-0.25, -0.2) is 5.01 Å². The summed E-state index contributed by atoms with van der Waals surface area (Å²) in [6.07, 6.45) is 4.30. The van der Waals surface area contributed by atoms with E-state index in [0.717, 1.165) is 34.1 Å². The lowest BCUT2D eigenvalue weighted by molar-refractivity contribution is -0.116. The van der Waals surface area contributed by atoms with E-state index in [0.29, 0.717) is 10.9 Å². The number of unbranched alkanes of at least 4 members (excludes halogenated alkanes) is 3. The molecule has 0 saturated heterocycles. The number of thioether (sulfide) groups is 1. The van der Waals surface area contributed by atoms with E-state index in [9.17, 15) is 4.79 Å². The molecule has 2 aliphatic rings. The number of hydrazone groups is 1. The van der Waals surface area contributed by atoms with Gasteiger partial charge in [0.05, 0.1) is 11.1 Å². The molecule has 0 saturated carbocycles. The SMILES string of the molecule is CCCCCCSC1=NN2C(=c3ccccc3=N[C@H]2c2cccc(C)n2)C(=O)N1. The first kappa shape index (κ1) is 19.6. The molecule has 0 radical (unpaired) electrons. The van der Waals surface area contributed by atoms with Crippen molar-refractivity contribution < 1.29 is 4.79 Å². The maximum Gasteiger partial charge on any atom is 0.276 e. The predicted molar refractivity (Wildman–Crippen MR) is 116 cm³/mol. The summed E-state index contributed by atoms with van der Waals surface area (Å²) in [5.41, 5.74) is 2.22. The Bertz CT molecular complexity index is 1060. The molecule has 2 aromatic rings. The van der Waals surface area contributed by atoms with Gasteiger partial charge in [0, 0.05) is 16.7 Å². The van der Waals surface area contributed by atoms with E-state index in [4.69, 9.17) is 10.1 Å². The summed E-state index contributed by atoms with van der Waals surface area (Å²) < 4.78 is 0. The number of nitrogens with one attached hydrogen (secondary N) is 1. The summed E-state index contributed by atoms with van der Waals surface area (Å²) in [5.74, 6) is 0.791. The number of fused-ring (bicyclic) bond motifs is 2. The standard InChI is InChI=1S/C22H25N5OS/c1-3-4-5-8-14-29-22-25-21(28)19-16-11-6-7-12-17(16)24-20(27(19)26-22)18-13-9-10-15(2)23-18/h6-7,9-13,20H,3-5,8,14H2,1-2H3,(H,25,26,28)/t20-/m1/s1. The van der Waals surface area contributed by atoms with Crippen molar-refractivity contribution in [2.24, 2.45) is 10.1 Å². The first-order valence-electron chi connectivity index (χ1n) is 10.1. The van der Waals surface area contributed by atoms with Gasteiger partial charge in [-0.05, 0) is 31.5 Å². The molecule has 150 valence electrons. The Labute approximate surface area is 174 Å². The van der Waals surface area contributed by atoms with Crippen LogP contribution in [0.1, 0.15) is 50.2 Å². The van der Waals surface area contributed by atoms with Crippen molar-refractivity contribution in [3.05, 3.63) is 64.4 Å². The third kappa shape index (κ3) is 4.19. The second-order valence-electron chi connectivity index (χ2n) is 7.19. The average Bonchev–Trinajstić information content (AvgIpc) is 2.73. The zero-order chi connectivity index (χ0) is 20.2. The smallest absolute Gasteiger partial charge is 0.276 e. The second kappa shape index (κ2) is 8.78. The van der Waals surface area contributed by atoms with Crippen LogP contribution in [0.2, 0.25) is 0 Å². The largest absolute Gasteiger partial charge is 0.298 e. The van der Waals surface area contributed by atoms with Crippen molar-refractivity contribution in [1.29, 1.82) is 0 Å². The third-order valence-corrected chi connectivity index (χ3v) is 5.88. The van der Waals surface area contributed by atoms with E-state index in [1.54, 1.807) is 16.8 Å². The quantitative estimate of drug-likeness (QED) is 0.748. The van der Waals surface area contributed by atoms with Gasteiger partial charge in [0.2, 0.25) is 0 Å². The van der Waals surface area contributed by atoms with Crippen molar-refractivity contribution in [1.82, 2.24) is 15.3 Å². The van der Waals surface area contributed by atoms with Crippen LogP contribution < -0.4 is 15.9 Å². The number of amidine groups is 1. The highest BCUT2D eigenvalue weighted by atomic mass is 32.2. The molecular weight excluding hydrogens is 382 g/mol. The van der Waals surface area contributed by atoms with Crippen LogP contribution in [0, 0.1) is 6.92 Å². The van der Waals surface area contributed by atoms with Gasteiger partial charge in [0.1, 0.15) is 5.70 Å². The van der Waals surface area contributed by atoms with Crippen LogP contribution in [0.15, 0.2) is 52.6 Å². The van der Waals surface area contributed by atoms with E-state index in [-0.39, 0.29) is 5.91 Å². The first-order valence-corrected chi connectivity index (χ1v) is 11.1. The van der Waals surface area contributed by atoms with Gasteiger partial charge < -0.3 is 0 Å². The highest BCUT2D eigenvalue weighted by molar-refractivity contribution is 8.13. The molecule has 4 rings (SSSR count). The fourth-order valence-electron chi connectivity index (χ4n) is 3.49. The minimum absolute atomic E-state index is 0.143. The molecule has 29 heavy (non-hydrogen) atoms. The number of hydrogen-bond donors (Lipinski definition) is 1. The molecule has 3 heterocycles. The normalized spacial score (nSPS) is 17.8. The Hall–Kier alpha value is -2.67. The summed E-state index contributed by atoms with van der Waals surface area (Å²) in [7, 11) is 0. The van der Waals surface area contributed by atoms with Gasteiger partial charge in [-0.1, -0.05) is 62.2 Å². The van der Waals surface area contributed by atoms with Crippen LogP contribution in [-0.2, 0) is 4.79 Å². The van der Waals surface area contributed by atoms with Gasteiger partial charge in [-0.2, -0.15) is 0 Å². The number of nitrogens with zero attached hydrogens (tertiary/aromatic N) is 4. The summed E-state index contributed by atoms with van der Waals surface area (Å²) in [6, 6.07) is 13.5. The minimum atomic E-state index is -0.457. The number of carbonyl (C=O) groups excluding carboxylic acids is 1. The number of rotatable bonds is 6. The van der Waals surface area contributed by atoms with Gasteiger partial charge in [-0.15, -0.1) is 5.10 Å². The Morgan fingerprint density at radius 3 is 2.79 bits per heavy atom. The molecule has 0 unspecified atom stereocenters. The number of amides is 1. The van der Waals surface area contributed by atoms with E-state index >= 15 is 0 Å². The lowest BCUT2D eigenvalue weighted by atomic mass is 10.1. The number of pyridine rings is 1. The van der Waals surface area contributed by atoms with Crippen molar-refractivity contribution in [2.75, 3.05) is 5.75 Å². The number of para-hydroxylation sites is 1. The zero-order valence-corrected chi connectivity index (χ0v) is 17.6. The molecule has 1 amide bonds. The summed E-state index contributed by atoms with van der Waals surface area (Å²) in [6.45, 7) is 4.15. The highest BCUT2D eigenvalue weighted by Crippen LogP contribution is 2.29. The fourth-order valence-corrected chi connectivity index (χ4v) is 4.34. The minimum Gasteiger partial charge on any atom is -0.298 e. The molecule has 2 aliphatic heterocycles. The van der Waals surface area contributed by atoms with Crippen molar-refractivity contribution in [3.8, 4) is 0 Å². The van der Waals surface area contributed by atoms with Crippen molar-refractivity contribution in [3.63, 3.8) is 0 Å². The maximum atomic E-state index is 13.0. The predicted octanol–water partition coefficient (Wildman–Crippen LogP) is 2.85. The summed E-state index contributed by atoms with van der Waals surface area (Å²) in [4.78, 5) is 22.6. The third-order valence-electron chi connectivity index (χ3n) is 4.93. The molecule has 1 aromatic heterocycles. The Morgan fingerprint density at radius 2 is 1.97 bits per heavy atom. The van der Waals surface area contributed by atoms with E-state index in [1.807, 2.05) is 49.4 Å². The van der Waals surface area contributed by atoms with E-state index in [2.05, 4.69) is 17.2 Å². The Balaban J connectivity index is 1.71. The topological polar surface area (TPSA) is 70.0 Å². The zero-order valence-electron chi connectivity index (χ0n) is 16.8. The fraction of sp³-hybridized carbons (Fsp3) is 0.364. The Morgan fingerprint density at radius 1 is 1.10 bits per heavy atom. The monoisotopic (exact) mass is 407 g/mol. The van der Waals surface area contributed by atoms with E-state index in [1.165, 1.54) is 19.3 Å². The van der Waals surface area contributed by atoms with Crippen molar-refractivity contribution in [2.45, 2.75) is 45.7 Å². The molecule has 0 aliphatic carbocycles. The Kier molecular flexibility index (Phi) is 5.94. The maximum absolute atomic E-state index is 13.0. The lowest BCUT2D eigenvalue weighted by Gasteiger charge is -2.33. The van der Waals surface area contributed by atoms with Crippen molar-refractivity contribution >= 4 is 28.5 Å². The molecule has 0 bridgehead atoms. The van der Waals surface area contributed by atoms with Gasteiger partial charge in [-0.3, -0.25) is 20.1 Å². The van der Waals surface area contributed by atoms with Gasteiger partial charge >= 0.3 is 0 Å². The summed E-state index contributed by atoms with van der Waals surface area (Å²) in [5, 5.41) is 11.7. The number of hydrogen-bond acceptors (Lipinski definition) is 6. The molecule has 6 nitrogen and oxygen atoms in total. The number of carbonyl (C=O) groups is 1. The average molecular weight is 408 g/mol. The first-order chi connectivity index (χ1) is 14.2. The molecular formula is C22H25N5OS. The lowest BCUT2D eigenvalue weighted by Crippen LogP contribution is -2.50. The highest BCUT2D eigenvalue weighted by Gasteiger charge is 2.34. The van der Waals surface area contributed by atoms with Crippen LogP contribution in [-0.4, -0.2) is 26.8 Å². The van der Waals surface area contributed by atoms with Crippen LogP contribution in [0.5, 0.6) is 0 Å². The molecule has 1 aromatic carbocycles. The number of aromatic nitrogens is 1. The molecule has 1 atom stereocenters. The molecule has 0 spiro atoms. The number of benzene rings is 1. The van der Waals surface area contributed by atoms with Crippen LogP contribution in [0.4, 0.5) is 0 Å². The summed E-state index contributed by atoms with van der Waals surface area (Å²) >= 11 is 1.59. The van der Waals surface area contributed by atoms with Gasteiger partial charge in [0.25, 0.3) is 5.91 Å². The number of aryl methyl sites for hydroxylation is 1. The second-order valence-corrected chi connectivity index (χ2v) is 8.27. The van der Waals surface area contributed by atoms with Crippen LogP contribution in [0.25, 0.3) is 5.70 Å². The van der Waals surface area contributed by atoms with E-state index < -0.39 is 6.17 Å². The van der Waals surface area contributed by atoms with Crippen LogP contribution in [0.3, 0.4) is 0 Å². The molecule has 1 N–H and O–H groups in total.